The molecule has 0 aliphatic carbocycles. The van der Waals surface area contributed by atoms with Crippen molar-refractivity contribution >= 4 is 5.97 Å². The third-order valence-electron chi connectivity index (χ3n) is 0.549. The number of hydrogen-bond acceptors (Lipinski definition) is 2. The van der Waals surface area contributed by atoms with Crippen molar-refractivity contribution in [2.24, 2.45) is 0 Å². The zero-order chi connectivity index (χ0) is 5.70. The number of rotatable bonds is 3. The Morgan fingerprint density at radius 1 is 1.50 bits per heavy atom. The van der Waals surface area contributed by atoms with Crippen LogP contribution in [-0.2, 0) is 21.9 Å². The number of hydrogen-bond donors (Lipinski definition) is 2. The third kappa shape index (κ3) is 9.34. The van der Waals surface area contributed by atoms with Gasteiger partial charge in [-0.05, 0) is 6.42 Å². The number of aliphatic hydroxyl groups is 1. The zero-order valence-electron chi connectivity index (χ0n) is 4.28. The van der Waals surface area contributed by atoms with E-state index in [2.05, 4.69) is 0 Å². The predicted molar refractivity (Wildman–Crippen MR) is 24.0 cm³/mol. The van der Waals surface area contributed by atoms with Crippen LogP contribution in [0, 0.1) is 0 Å². The van der Waals surface area contributed by atoms with Gasteiger partial charge >= 0.3 is 5.97 Å². The van der Waals surface area contributed by atoms with Crippen molar-refractivity contribution in [1.82, 2.24) is 0 Å². The fraction of sp³-hybridized carbons (Fsp3) is 0.750. The standard InChI is InChI=1S/C4H8O3.Fe/c5-3-1-2-4(6)7;/h5H,1-3H2,(H,6,7);. The summed E-state index contributed by atoms with van der Waals surface area (Å²) < 4.78 is 0. The van der Waals surface area contributed by atoms with Crippen LogP contribution in [0.4, 0.5) is 0 Å². The van der Waals surface area contributed by atoms with Gasteiger partial charge in [0.25, 0.3) is 0 Å². The van der Waals surface area contributed by atoms with Gasteiger partial charge in [0.05, 0.1) is 0 Å². The van der Waals surface area contributed by atoms with Gasteiger partial charge in [0.2, 0.25) is 0 Å². The van der Waals surface area contributed by atoms with Crippen LogP contribution in [0.3, 0.4) is 0 Å². The van der Waals surface area contributed by atoms with E-state index in [0.29, 0.717) is 6.42 Å². The molecule has 0 amide bonds. The van der Waals surface area contributed by atoms with Crippen molar-refractivity contribution in [1.29, 1.82) is 0 Å². The minimum Gasteiger partial charge on any atom is -0.481 e. The molecule has 3 nitrogen and oxygen atoms in total. The van der Waals surface area contributed by atoms with Gasteiger partial charge in [0.1, 0.15) is 0 Å². The first kappa shape index (κ1) is 10.8. The maximum atomic E-state index is 9.65. The van der Waals surface area contributed by atoms with E-state index in [-0.39, 0.29) is 30.1 Å². The van der Waals surface area contributed by atoms with Gasteiger partial charge in [-0.3, -0.25) is 4.79 Å². The Labute approximate surface area is 58.2 Å². The summed E-state index contributed by atoms with van der Waals surface area (Å²) in [6.07, 6.45) is 0.422. The average molecular weight is 160 g/mol. The topological polar surface area (TPSA) is 57.5 Å². The van der Waals surface area contributed by atoms with E-state index in [9.17, 15) is 4.79 Å². The second-order valence-electron chi connectivity index (χ2n) is 1.22. The summed E-state index contributed by atoms with van der Waals surface area (Å²) in [4.78, 5) is 9.65. The van der Waals surface area contributed by atoms with Gasteiger partial charge in [-0.25, -0.2) is 0 Å². The van der Waals surface area contributed by atoms with Crippen molar-refractivity contribution in [2.75, 3.05) is 6.61 Å². The molecular formula is C4H8FeO3. The first-order valence-electron chi connectivity index (χ1n) is 2.10. The van der Waals surface area contributed by atoms with E-state index in [0.717, 1.165) is 0 Å². The number of aliphatic carboxylic acids is 1. The van der Waals surface area contributed by atoms with E-state index in [1.165, 1.54) is 0 Å². The molecule has 4 heteroatoms. The Morgan fingerprint density at radius 3 is 2.12 bits per heavy atom. The molecule has 50 valence electrons. The van der Waals surface area contributed by atoms with Crippen LogP contribution in [0.1, 0.15) is 12.8 Å². The van der Waals surface area contributed by atoms with Crippen LogP contribution in [-0.4, -0.2) is 22.8 Å². The van der Waals surface area contributed by atoms with E-state index in [4.69, 9.17) is 10.2 Å². The van der Waals surface area contributed by atoms with Crippen LogP contribution in [0.15, 0.2) is 0 Å². The molecule has 0 saturated heterocycles. The molecule has 0 heterocycles. The minimum absolute atomic E-state index is 0. The largest absolute Gasteiger partial charge is 0.481 e. The predicted octanol–water partition coefficient (Wildman–Crippen LogP) is -0.159. The molecule has 0 spiro atoms. The van der Waals surface area contributed by atoms with Gasteiger partial charge in [-0.1, -0.05) is 0 Å². The van der Waals surface area contributed by atoms with Gasteiger partial charge in [0.15, 0.2) is 0 Å². The summed E-state index contributed by atoms with van der Waals surface area (Å²) in [5.74, 6) is -0.853. The van der Waals surface area contributed by atoms with Crippen molar-refractivity contribution < 1.29 is 32.1 Å². The Hall–Kier alpha value is -0.0505. The molecule has 0 saturated carbocycles. The molecule has 0 aromatic carbocycles. The molecule has 0 aromatic rings. The molecule has 2 N–H and O–H groups in total. The molecule has 0 aliphatic rings. The van der Waals surface area contributed by atoms with E-state index in [1.54, 1.807) is 0 Å². The number of carboxylic acids is 1. The van der Waals surface area contributed by atoms with Gasteiger partial charge in [0, 0.05) is 30.1 Å². The summed E-state index contributed by atoms with van der Waals surface area (Å²) in [6, 6.07) is 0. The molecule has 8 heavy (non-hydrogen) atoms. The van der Waals surface area contributed by atoms with Crippen LogP contribution in [0.5, 0.6) is 0 Å². The van der Waals surface area contributed by atoms with Crippen molar-refractivity contribution in [3.8, 4) is 0 Å². The fourth-order valence-electron chi connectivity index (χ4n) is 0.230. The first-order chi connectivity index (χ1) is 3.27. The Morgan fingerprint density at radius 2 is 2.00 bits per heavy atom. The SMILES string of the molecule is O=C(O)CCCO.[Fe]. The van der Waals surface area contributed by atoms with E-state index >= 15 is 0 Å². The van der Waals surface area contributed by atoms with Crippen molar-refractivity contribution in [2.45, 2.75) is 12.8 Å². The second kappa shape index (κ2) is 6.95. The normalized spacial score (nSPS) is 7.62. The van der Waals surface area contributed by atoms with Gasteiger partial charge < -0.3 is 10.2 Å². The maximum absolute atomic E-state index is 9.65. The number of aliphatic hydroxyl groups excluding tert-OH is 1. The Bertz CT molecular complexity index is 64.3. The molecule has 0 aliphatic heterocycles. The Kier molecular flexibility index (Phi) is 9.42. The molecule has 0 radical (unpaired) electrons. The molecule has 0 fully saturated rings. The summed E-state index contributed by atoms with van der Waals surface area (Å²) in [7, 11) is 0. The van der Waals surface area contributed by atoms with E-state index < -0.39 is 5.97 Å². The average Bonchev–Trinajstić information content (AvgIpc) is 1.61. The minimum atomic E-state index is -0.853. The maximum Gasteiger partial charge on any atom is 0.303 e. The van der Waals surface area contributed by atoms with Crippen LogP contribution < -0.4 is 0 Å². The molecule has 0 atom stereocenters. The summed E-state index contributed by atoms with van der Waals surface area (Å²) in [5, 5.41) is 16.0. The smallest absolute Gasteiger partial charge is 0.303 e. The van der Waals surface area contributed by atoms with Crippen LogP contribution in [0.2, 0.25) is 0 Å². The Balaban J connectivity index is 0. The van der Waals surface area contributed by atoms with E-state index in [1.807, 2.05) is 0 Å². The number of carbonyl (C=O) groups is 1. The summed E-state index contributed by atoms with van der Waals surface area (Å²) in [6.45, 7) is -0.0354. The summed E-state index contributed by atoms with van der Waals surface area (Å²) in [5.41, 5.74) is 0. The van der Waals surface area contributed by atoms with Crippen LogP contribution >= 0.6 is 0 Å². The van der Waals surface area contributed by atoms with Gasteiger partial charge in [-0.15, -0.1) is 0 Å². The monoisotopic (exact) mass is 160 g/mol. The van der Waals surface area contributed by atoms with Crippen molar-refractivity contribution in [3.63, 3.8) is 0 Å². The quantitative estimate of drug-likeness (QED) is 0.564. The second-order valence-corrected chi connectivity index (χ2v) is 1.22. The van der Waals surface area contributed by atoms with Crippen molar-refractivity contribution in [3.05, 3.63) is 0 Å². The molecular weight excluding hydrogens is 152 g/mol. The molecule has 0 unspecified atom stereocenters. The molecule has 0 bridgehead atoms. The summed E-state index contributed by atoms with van der Waals surface area (Å²) >= 11 is 0. The first-order valence-corrected chi connectivity index (χ1v) is 2.10. The zero-order valence-corrected chi connectivity index (χ0v) is 5.38. The fourth-order valence-corrected chi connectivity index (χ4v) is 0.230. The van der Waals surface area contributed by atoms with Crippen LogP contribution in [0.25, 0.3) is 0 Å². The van der Waals surface area contributed by atoms with Gasteiger partial charge in [-0.2, -0.15) is 0 Å². The molecule has 0 rings (SSSR count). The third-order valence-corrected chi connectivity index (χ3v) is 0.549. The number of carboxylic acid groups (broad SMARTS) is 1. The molecule has 0 aromatic heterocycles.